The fraction of sp³-hybridized carbons (Fsp3) is 0. The number of pyridine rings is 1. The van der Waals surface area contributed by atoms with Gasteiger partial charge in [0.15, 0.2) is 0 Å². The maximum absolute atomic E-state index is 6.50. The van der Waals surface area contributed by atoms with Gasteiger partial charge in [-0.2, -0.15) is 0 Å². The Morgan fingerprint density at radius 3 is 1.44 bits per heavy atom. The molecule has 0 unspecified atom stereocenters. The van der Waals surface area contributed by atoms with Gasteiger partial charge in [0, 0.05) is 65.4 Å². The van der Waals surface area contributed by atoms with E-state index in [9.17, 15) is 0 Å². The number of fused-ring (bicyclic) bond motifs is 13. The minimum absolute atomic E-state index is 0.873. The zero-order chi connectivity index (χ0) is 38.6. The predicted molar refractivity (Wildman–Crippen MR) is 246 cm³/mol. The Hall–Kier alpha value is -7.95. The number of hydrogen-bond donors (Lipinski definition) is 0. The molecule has 13 rings (SSSR count). The van der Waals surface area contributed by atoms with E-state index in [2.05, 4.69) is 203 Å². The van der Waals surface area contributed by atoms with Gasteiger partial charge in [0.05, 0.1) is 33.3 Å². The van der Waals surface area contributed by atoms with E-state index in [0.717, 1.165) is 77.4 Å². The fourth-order valence-electron chi connectivity index (χ4n) is 9.73. The minimum Gasteiger partial charge on any atom is -0.456 e. The predicted octanol–water partition coefficient (Wildman–Crippen LogP) is 14.8. The van der Waals surface area contributed by atoms with Crippen LogP contribution in [0.15, 0.2) is 205 Å². The highest BCUT2D eigenvalue weighted by Crippen LogP contribution is 2.43. The van der Waals surface area contributed by atoms with Crippen molar-refractivity contribution in [3.05, 3.63) is 200 Å². The number of aromatic nitrogens is 3. The molecule has 4 heterocycles. The molecule has 0 spiro atoms. The number of para-hydroxylation sites is 5. The molecule has 274 valence electrons. The molecule has 0 aliphatic carbocycles. The normalized spacial score (nSPS) is 12.1. The number of furan rings is 1. The first kappa shape index (κ1) is 32.2. The second-order valence-corrected chi connectivity index (χ2v) is 15.5. The topological polar surface area (TPSA) is 35.9 Å². The second-order valence-electron chi connectivity index (χ2n) is 15.5. The van der Waals surface area contributed by atoms with Crippen molar-refractivity contribution in [3.63, 3.8) is 0 Å². The van der Waals surface area contributed by atoms with Crippen LogP contribution in [0.3, 0.4) is 0 Å². The van der Waals surface area contributed by atoms with Crippen molar-refractivity contribution in [1.82, 2.24) is 14.1 Å². The third kappa shape index (κ3) is 4.69. The Bertz CT molecular complexity index is 3610. The van der Waals surface area contributed by atoms with Crippen molar-refractivity contribution in [2.45, 2.75) is 0 Å². The van der Waals surface area contributed by atoms with Crippen molar-refractivity contribution in [1.29, 1.82) is 0 Å². The van der Waals surface area contributed by atoms with Gasteiger partial charge in [0.2, 0.25) is 0 Å². The molecule has 59 heavy (non-hydrogen) atoms. The molecule has 0 fully saturated rings. The molecule has 9 aromatic carbocycles. The smallest absolute Gasteiger partial charge is 0.136 e. The highest BCUT2D eigenvalue weighted by molar-refractivity contribution is 6.28. The Morgan fingerprint density at radius 2 is 0.847 bits per heavy atom. The zero-order valence-electron chi connectivity index (χ0n) is 31.8. The molecule has 0 aliphatic rings. The van der Waals surface area contributed by atoms with Gasteiger partial charge in [-0.1, -0.05) is 127 Å². The lowest BCUT2D eigenvalue weighted by Crippen LogP contribution is -2.00. The van der Waals surface area contributed by atoms with Crippen LogP contribution in [0.2, 0.25) is 0 Å². The lowest BCUT2D eigenvalue weighted by molar-refractivity contribution is 0.669. The van der Waals surface area contributed by atoms with Crippen LogP contribution in [0, 0.1) is 0 Å². The van der Waals surface area contributed by atoms with Crippen LogP contribution in [0.5, 0.6) is 0 Å². The van der Waals surface area contributed by atoms with Gasteiger partial charge < -0.3 is 13.6 Å². The van der Waals surface area contributed by atoms with Crippen LogP contribution in [0.4, 0.5) is 0 Å². The average molecular weight is 752 g/mol. The first-order valence-corrected chi connectivity index (χ1v) is 20.1. The highest BCUT2D eigenvalue weighted by Gasteiger charge is 2.20. The van der Waals surface area contributed by atoms with Gasteiger partial charge in [-0.05, 0) is 83.9 Å². The van der Waals surface area contributed by atoms with Crippen LogP contribution in [0.25, 0.3) is 121 Å². The summed E-state index contributed by atoms with van der Waals surface area (Å²) in [6.45, 7) is 0. The van der Waals surface area contributed by atoms with Crippen LogP contribution in [0.1, 0.15) is 0 Å². The van der Waals surface area contributed by atoms with Crippen LogP contribution >= 0.6 is 0 Å². The van der Waals surface area contributed by atoms with Crippen molar-refractivity contribution in [2.75, 3.05) is 0 Å². The minimum atomic E-state index is 0.873. The molecule has 0 saturated heterocycles. The number of benzene rings is 9. The summed E-state index contributed by atoms with van der Waals surface area (Å²) in [6.07, 6.45) is 0. The van der Waals surface area contributed by atoms with Crippen LogP contribution in [-0.2, 0) is 0 Å². The Morgan fingerprint density at radius 1 is 0.322 bits per heavy atom. The lowest BCUT2D eigenvalue weighted by atomic mass is 9.94. The summed E-state index contributed by atoms with van der Waals surface area (Å²) in [5, 5.41) is 10.5. The Balaban J connectivity index is 1.15. The maximum Gasteiger partial charge on any atom is 0.136 e. The van der Waals surface area contributed by atoms with E-state index in [0.29, 0.717) is 0 Å². The molecule has 4 nitrogen and oxygen atoms in total. The van der Waals surface area contributed by atoms with E-state index in [1.807, 2.05) is 6.07 Å². The summed E-state index contributed by atoms with van der Waals surface area (Å²) < 4.78 is 11.4. The van der Waals surface area contributed by atoms with Crippen molar-refractivity contribution < 1.29 is 4.42 Å². The lowest BCUT2D eigenvalue weighted by Gasteiger charge is -2.17. The number of rotatable bonds is 4. The van der Waals surface area contributed by atoms with Gasteiger partial charge in [-0.3, -0.25) is 0 Å². The summed E-state index contributed by atoms with van der Waals surface area (Å²) in [5.74, 6) is 0. The van der Waals surface area contributed by atoms with Crippen LogP contribution in [-0.4, -0.2) is 14.1 Å². The number of hydrogen-bond acceptors (Lipinski definition) is 2. The maximum atomic E-state index is 6.50. The third-order valence-corrected chi connectivity index (χ3v) is 12.3. The van der Waals surface area contributed by atoms with E-state index in [-0.39, 0.29) is 0 Å². The fourth-order valence-corrected chi connectivity index (χ4v) is 9.73. The first-order valence-electron chi connectivity index (χ1n) is 20.1. The molecular weight excluding hydrogens is 719 g/mol. The van der Waals surface area contributed by atoms with E-state index >= 15 is 0 Å². The zero-order valence-corrected chi connectivity index (χ0v) is 31.8. The summed E-state index contributed by atoms with van der Waals surface area (Å²) in [5.41, 5.74) is 13.9. The molecule has 0 bridgehead atoms. The Labute approximate surface area is 338 Å². The summed E-state index contributed by atoms with van der Waals surface area (Å²) in [6, 6.07) is 72.0. The van der Waals surface area contributed by atoms with Gasteiger partial charge in [-0.25, -0.2) is 4.98 Å². The molecule has 13 aromatic rings. The SMILES string of the molecule is c1ccc(-c2nc3ccc(-c4cc(-n5c6ccccc6c6ccccc65)cc(-n5c6ccccc6c6ccccc65)c4)cc3c3c2ccc2oc4ccccc4c23)cc1. The second kappa shape index (κ2) is 12.3. The molecule has 4 aromatic heterocycles. The quantitative estimate of drug-likeness (QED) is 0.168. The van der Waals surface area contributed by atoms with E-state index in [4.69, 9.17) is 9.40 Å². The van der Waals surface area contributed by atoms with Crippen molar-refractivity contribution in [3.8, 4) is 33.8 Å². The van der Waals surface area contributed by atoms with Gasteiger partial charge in [-0.15, -0.1) is 0 Å². The monoisotopic (exact) mass is 751 g/mol. The molecule has 0 atom stereocenters. The van der Waals surface area contributed by atoms with E-state index in [1.165, 1.54) is 43.6 Å². The van der Waals surface area contributed by atoms with Crippen molar-refractivity contribution in [2.24, 2.45) is 0 Å². The van der Waals surface area contributed by atoms with Gasteiger partial charge >= 0.3 is 0 Å². The molecule has 0 radical (unpaired) electrons. The highest BCUT2D eigenvalue weighted by atomic mass is 16.3. The molecular formula is C55H33N3O. The third-order valence-electron chi connectivity index (χ3n) is 12.3. The standard InChI is InChI=1S/C55H33N3O/c1-2-14-34(15-3-1)55-44-27-29-52-54(43-20-8-13-25-51(43)59-52)53(44)45-32-35(26-28-46(45)56-55)36-30-37(57-47-21-9-4-16-39(47)40-17-5-10-22-48(40)57)33-38(31-36)58-49-23-11-6-18-41(49)42-19-7-12-24-50(42)58/h1-33H. The van der Waals surface area contributed by atoms with E-state index < -0.39 is 0 Å². The Kier molecular flexibility index (Phi) is 6.69. The first-order chi connectivity index (χ1) is 29.3. The van der Waals surface area contributed by atoms with Crippen LogP contribution < -0.4 is 0 Å². The largest absolute Gasteiger partial charge is 0.456 e. The molecule has 0 saturated carbocycles. The summed E-state index contributed by atoms with van der Waals surface area (Å²) >= 11 is 0. The average Bonchev–Trinajstić information content (AvgIpc) is 3.97. The van der Waals surface area contributed by atoms with Gasteiger partial charge in [0.25, 0.3) is 0 Å². The summed E-state index contributed by atoms with van der Waals surface area (Å²) in [7, 11) is 0. The molecule has 0 amide bonds. The summed E-state index contributed by atoms with van der Waals surface area (Å²) in [4.78, 5) is 5.39. The molecule has 4 heteroatoms. The van der Waals surface area contributed by atoms with Gasteiger partial charge in [0.1, 0.15) is 11.2 Å². The number of nitrogens with zero attached hydrogens (tertiary/aromatic N) is 3. The van der Waals surface area contributed by atoms with E-state index in [1.54, 1.807) is 0 Å². The molecule has 0 aliphatic heterocycles. The molecule has 0 N–H and O–H groups in total. The van der Waals surface area contributed by atoms with Crippen molar-refractivity contribution >= 4 is 87.2 Å².